The SMILES string of the molecule is CCOc1cccc(NCc2c(Cl)cc(Cl)c(=O)n2CCc2ccc(C(=O)O)cc2)c1. The van der Waals surface area contributed by atoms with Gasteiger partial charge >= 0.3 is 5.97 Å². The van der Waals surface area contributed by atoms with E-state index >= 15 is 0 Å². The van der Waals surface area contributed by atoms with E-state index in [9.17, 15) is 9.59 Å². The van der Waals surface area contributed by atoms with Crippen molar-refractivity contribution in [3.63, 3.8) is 0 Å². The summed E-state index contributed by atoms with van der Waals surface area (Å²) in [6.45, 7) is 3.15. The fourth-order valence-electron chi connectivity index (χ4n) is 3.16. The molecule has 0 saturated heterocycles. The van der Waals surface area contributed by atoms with Crippen molar-refractivity contribution >= 4 is 34.9 Å². The van der Waals surface area contributed by atoms with Gasteiger partial charge in [0.2, 0.25) is 0 Å². The zero-order valence-electron chi connectivity index (χ0n) is 16.9. The number of carboxylic acids is 1. The molecule has 0 saturated carbocycles. The first-order chi connectivity index (χ1) is 14.9. The Morgan fingerprint density at radius 2 is 1.84 bits per heavy atom. The van der Waals surface area contributed by atoms with E-state index in [4.69, 9.17) is 33.0 Å². The number of carbonyl (C=O) groups is 1. The Kier molecular flexibility index (Phi) is 7.60. The first-order valence-corrected chi connectivity index (χ1v) is 10.5. The molecule has 0 unspecified atom stereocenters. The van der Waals surface area contributed by atoms with Crippen molar-refractivity contribution in [1.29, 1.82) is 0 Å². The van der Waals surface area contributed by atoms with Gasteiger partial charge in [-0.25, -0.2) is 4.79 Å². The standard InChI is InChI=1S/C23H22Cl2N2O4/c1-2-31-18-5-3-4-17(12-18)26-14-21-19(24)13-20(25)22(28)27(21)11-10-15-6-8-16(9-7-15)23(29)30/h3-9,12-13,26H,2,10-11,14H2,1H3,(H,29,30). The lowest BCUT2D eigenvalue weighted by Crippen LogP contribution is -2.26. The molecule has 2 aromatic carbocycles. The van der Waals surface area contributed by atoms with Crippen LogP contribution in [0.3, 0.4) is 0 Å². The number of benzene rings is 2. The average Bonchev–Trinajstić information content (AvgIpc) is 2.75. The van der Waals surface area contributed by atoms with Crippen LogP contribution in [0.5, 0.6) is 5.75 Å². The van der Waals surface area contributed by atoms with Crippen LogP contribution in [-0.4, -0.2) is 22.2 Å². The van der Waals surface area contributed by atoms with Crippen LogP contribution in [-0.2, 0) is 19.5 Å². The second kappa shape index (κ2) is 10.4. The first kappa shape index (κ1) is 22.7. The molecule has 0 aliphatic rings. The van der Waals surface area contributed by atoms with Gasteiger partial charge in [0.25, 0.3) is 5.56 Å². The van der Waals surface area contributed by atoms with Crippen molar-refractivity contribution < 1.29 is 14.6 Å². The molecule has 1 aromatic heterocycles. The number of aromatic nitrogens is 1. The van der Waals surface area contributed by atoms with Gasteiger partial charge in [0.15, 0.2) is 0 Å². The molecule has 3 aromatic rings. The lowest BCUT2D eigenvalue weighted by molar-refractivity contribution is 0.0697. The molecule has 3 rings (SSSR count). The molecule has 0 spiro atoms. The molecule has 2 N–H and O–H groups in total. The lowest BCUT2D eigenvalue weighted by Gasteiger charge is -2.17. The number of nitrogens with one attached hydrogen (secondary N) is 1. The summed E-state index contributed by atoms with van der Waals surface area (Å²) in [7, 11) is 0. The fourth-order valence-corrected chi connectivity index (χ4v) is 3.70. The van der Waals surface area contributed by atoms with Crippen LogP contribution < -0.4 is 15.6 Å². The number of aromatic carboxylic acids is 1. The highest BCUT2D eigenvalue weighted by Crippen LogP contribution is 2.22. The Balaban J connectivity index is 1.80. The average molecular weight is 461 g/mol. The zero-order chi connectivity index (χ0) is 22.4. The van der Waals surface area contributed by atoms with Crippen LogP contribution in [0.2, 0.25) is 10.0 Å². The number of aryl methyl sites for hydroxylation is 1. The molecule has 0 radical (unpaired) electrons. The number of halogens is 2. The maximum Gasteiger partial charge on any atom is 0.335 e. The summed E-state index contributed by atoms with van der Waals surface area (Å²) < 4.78 is 7.07. The minimum absolute atomic E-state index is 0.0494. The van der Waals surface area contributed by atoms with Crippen molar-refractivity contribution in [3.8, 4) is 5.75 Å². The number of hydrogen-bond acceptors (Lipinski definition) is 4. The predicted molar refractivity (Wildman–Crippen MR) is 123 cm³/mol. The number of ether oxygens (including phenoxy) is 1. The third-order valence-corrected chi connectivity index (χ3v) is 5.33. The molecule has 0 atom stereocenters. The molecule has 0 fully saturated rings. The highest BCUT2D eigenvalue weighted by atomic mass is 35.5. The molecular weight excluding hydrogens is 439 g/mol. The topological polar surface area (TPSA) is 80.6 Å². The van der Waals surface area contributed by atoms with Crippen LogP contribution in [0.4, 0.5) is 5.69 Å². The Bertz CT molecular complexity index is 1130. The van der Waals surface area contributed by atoms with Crippen molar-refractivity contribution in [2.75, 3.05) is 11.9 Å². The van der Waals surface area contributed by atoms with E-state index in [0.717, 1.165) is 17.0 Å². The number of anilines is 1. The van der Waals surface area contributed by atoms with Crippen LogP contribution in [0.15, 0.2) is 59.4 Å². The molecule has 6 nitrogen and oxygen atoms in total. The molecule has 8 heteroatoms. The maximum absolute atomic E-state index is 12.7. The van der Waals surface area contributed by atoms with E-state index in [1.807, 2.05) is 31.2 Å². The second-order valence-corrected chi connectivity index (χ2v) is 7.62. The third kappa shape index (κ3) is 5.81. The smallest absolute Gasteiger partial charge is 0.335 e. The summed E-state index contributed by atoms with van der Waals surface area (Å²) in [4.78, 5) is 23.7. The number of hydrogen-bond donors (Lipinski definition) is 2. The molecule has 162 valence electrons. The quantitative estimate of drug-likeness (QED) is 0.463. The highest BCUT2D eigenvalue weighted by Gasteiger charge is 2.13. The van der Waals surface area contributed by atoms with Gasteiger partial charge in [-0.2, -0.15) is 0 Å². The number of nitrogens with zero attached hydrogens (tertiary/aromatic N) is 1. The molecule has 0 bridgehead atoms. The minimum atomic E-state index is -0.980. The largest absolute Gasteiger partial charge is 0.494 e. The maximum atomic E-state index is 12.7. The Morgan fingerprint density at radius 1 is 1.10 bits per heavy atom. The monoisotopic (exact) mass is 460 g/mol. The second-order valence-electron chi connectivity index (χ2n) is 6.81. The van der Waals surface area contributed by atoms with Crippen molar-refractivity contribution in [1.82, 2.24) is 4.57 Å². The van der Waals surface area contributed by atoms with E-state index in [1.54, 1.807) is 28.8 Å². The summed E-state index contributed by atoms with van der Waals surface area (Å²) in [5.74, 6) is -0.233. The summed E-state index contributed by atoms with van der Waals surface area (Å²) in [5.41, 5.74) is 2.23. The van der Waals surface area contributed by atoms with Gasteiger partial charge in [0.1, 0.15) is 10.8 Å². The Labute approximate surface area is 190 Å². The third-order valence-electron chi connectivity index (χ3n) is 4.73. The van der Waals surface area contributed by atoms with Gasteiger partial charge < -0.3 is 19.7 Å². The number of pyridine rings is 1. The van der Waals surface area contributed by atoms with E-state index in [1.165, 1.54) is 6.07 Å². The zero-order valence-corrected chi connectivity index (χ0v) is 18.4. The van der Waals surface area contributed by atoms with Crippen LogP contribution >= 0.6 is 23.2 Å². The lowest BCUT2D eigenvalue weighted by atomic mass is 10.1. The molecule has 1 heterocycles. The van der Waals surface area contributed by atoms with E-state index in [0.29, 0.717) is 36.8 Å². The van der Waals surface area contributed by atoms with Crippen LogP contribution in [0.25, 0.3) is 0 Å². The van der Waals surface area contributed by atoms with Gasteiger partial charge in [0.05, 0.1) is 29.4 Å². The molecule has 0 aliphatic heterocycles. The van der Waals surface area contributed by atoms with E-state index < -0.39 is 5.97 Å². The van der Waals surface area contributed by atoms with E-state index in [-0.39, 0.29) is 16.1 Å². The summed E-state index contributed by atoms with van der Waals surface area (Å²) in [6.07, 6.45) is 0.517. The minimum Gasteiger partial charge on any atom is -0.494 e. The summed E-state index contributed by atoms with van der Waals surface area (Å²) >= 11 is 12.5. The Hall–Kier alpha value is -2.96. The molecule has 0 aliphatic carbocycles. The summed E-state index contributed by atoms with van der Waals surface area (Å²) in [5, 5.41) is 12.7. The van der Waals surface area contributed by atoms with Crippen molar-refractivity contribution in [2.45, 2.75) is 26.4 Å². The van der Waals surface area contributed by atoms with Gasteiger partial charge in [0, 0.05) is 18.3 Å². The van der Waals surface area contributed by atoms with Crippen LogP contribution in [0.1, 0.15) is 28.5 Å². The molecular formula is C23H22Cl2N2O4. The van der Waals surface area contributed by atoms with Crippen molar-refractivity contribution in [3.05, 3.63) is 91.8 Å². The number of rotatable bonds is 9. The van der Waals surface area contributed by atoms with Gasteiger partial charge in [-0.15, -0.1) is 0 Å². The summed E-state index contributed by atoms with van der Waals surface area (Å²) in [6, 6.07) is 15.5. The number of carboxylic acid groups (broad SMARTS) is 1. The first-order valence-electron chi connectivity index (χ1n) is 9.75. The molecule has 31 heavy (non-hydrogen) atoms. The van der Waals surface area contributed by atoms with Crippen molar-refractivity contribution in [2.24, 2.45) is 0 Å². The van der Waals surface area contributed by atoms with Gasteiger partial charge in [-0.1, -0.05) is 41.4 Å². The Morgan fingerprint density at radius 3 is 2.52 bits per heavy atom. The van der Waals surface area contributed by atoms with Gasteiger partial charge in [-0.3, -0.25) is 4.79 Å². The van der Waals surface area contributed by atoms with E-state index in [2.05, 4.69) is 5.32 Å². The molecule has 0 amide bonds. The highest BCUT2D eigenvalue weighted by molar-refractivity contribution is 6.34. The normalized spacial score (nSPS) is 10.7. The fraction of sp³-hybridized carbons (Fsp3) is 0.217. The van der Waals surface area contributed by atoms with Gasteiger partial charge in [-0.05, 0) is 49.2 Å². The van der Waals surface area contributed by atoms with Crippen LogP contribution in [0, 0.1) is 0 Å². The predicted octanol–water partition coefficient (Wildman–Crippen LogP) is 5.11.